The van der Waals surface area contributed by atoms with Gasteiger partial charge in [0.25, 0.3) is 0 Å². The molecule has 3 aromatic rings. The number of carboxylic acids is 1. The fourth-order valence-electron chi connectivity index (χ4n) is 4.93. The minimum Gasteiger partial charge on any atom is -0.475 e. The van der Waals surface area contributed by atoms with E-state index in [1.165, 1.54) is 0 Å². The number of nitrogens with one attached hydrogen (secondary N) is 2. The van der Waals surface area contributed by atoms with Gasteiger partial charge in [-0.2, -0.15) is 28.1 Å². The number of amides is 2. The molecule has 2 aromatic heterocycles. The van der Waals surface area contributed by atoms with Gasteiger partial charge in [0.05, 0.1) is 12.2 Å². The maximum absolute atomic E-state index is 12.3. The van der Waals surface area contributed by atoms with Crippen molar-refractivity contribution >= 4 is 41.1 Å². The molecule has 5 heterocycles. The van der Waals surface area contributed by atoms with Gasteiger partial charge >= 0.3 is 18.2 Å². The van der Waals surface area contributed by atoms with Crippen LogP contribution in [0.5, 0.6) is 0 Å². The van der Waals surface area contributed by atoms with E-state index >= 15 is 0 Å². The number of rotatable bonds is 5. The number of piperidine rings is 1. The summed E-state index contributed by atoms with van der Waals surface area (Å²) in [7, 11) is 0. The number of carbonyl (C=O) groups is 3. The van der Waals surface area contributed by atoms with Crippen LogP contribution < -0.4 is 20.4 Å². The Bertz CT molecular complexity index is 1470. The smallest absolute Gasteiger partial charge is 0.475 e. The van der Waals surface area contributed by atoms with Crippen molar-refractivity contribution in [2.75, 3.05) is 46.6 Å². The molecular weight excluding hydrogens is 585 g/mol. The molecule has 3 fully saturated rings. The number of aromatic nitrogens is 4. The molecule has 1 aromatic carbocycles. The lowest BCUT2D eigenvalue weighted by Gasteiger charge is -2.33. The van der Waals surface area contributed by atoms with Gasteiger partial charge in [0.1, 0.15) is 5.78 Å². The van der Waals surface area contributed by atoms with Gasteiger partial charge < -0.3 is 30.3 Å². The number of carbonyl (C=O) groups excluding carboxylic acids is 2. The Morgan fingerprint density at radius 2 is 1.36 bits per heavy atom. The predicted molar refractivity (Wildman–Crippen MR) is 152 cm³/mol. The van der Waals surface area contributed by atoms with Crippen molar-refractivity contribution in [1.29, 1.82) is 0 Å². The molecule has 44 heavy (non-hydrogen) atoms. The molecule has 3 N–H and O–H groups in total. The number of urea groups is 1. The molecule has 2 unspecified atom stereocenters. The number of benzene rings is 1. The molecule has 3 aliphatic heterocycles. The molecule has 232 valence electrons. The number of hydrogen-bond donors (Lipinski definition) is 3. The lowest BCUT2D eigenvalue weighted by atomic mass is 10.1. The lowest BCUT2D eigenvalue weighted by Crippen LogP contribution is -2.44. The number of aliphatic carboxylic acids is 1. The summed E-state index contributed by atoms with van der Waals surface area (Å²) in [5, 5.41) is 12.7. The molecule has 0 saturated carbocycles. The lowest BCUT2D eigenvalue weighted by molar-refractivity contribution is -0.192. The fraction of sp³-hybridized carbons (Fsp3) is 0.393. The van der Waals surface area contributed by atoms with Crippen LogP contribution in [-0.4, -0.2) is 87.4 Å². The number of hydrogen-bond acceptors (Lipinski definition) is 10. The molecule has 3 saturated heterocycles. The number of nitrogens with zero attached hydrogens (tertiary/aromatic N) is 6. The summed E-state index contributed by atoms with van der Waals surface area (Å²) in [6.07, 6.45) is 1.68. The van der Waals surface area contributed by atoms with Gasteiger partial charge in [-0.1, -0.05) is 0 Å². The number of fused-ring (bicyclic) bond motifs is 2. The van der Waals surface area contributed by atoms with E-state index < -0.39 is 12.1 Å². The van der Waals surface area contributed by atoms with E-state index in [9.17, 15) is 22.8 Å². The van der Waals surface area contributed by atoms with Gasteiger partial charge in [-0.15, -0.1) is 0 Å². The molecule has 2 amide bonds. The number of morpholine rings is 1. The summed E-state index contributed by atoms with van der Waals surface area (Å²) in [6, 6.07) is 10.5. The quantitative estimate of drug-likeness (QED) is 0.384. The number of pyridine rings is 1. The Balaban J connectivity index is 0.000000493. The van der Waals surface area contributed by atoms with Crippen LogP contribution in [0.4, 0.5) is 41.2 Å². The fourth-order valence-corrected chi connectivity index (χ4v) is 4.93. The van der Waals surface area contributed by atoms with Crippen LogP contribution in [0.1, 0.15) is 25.7 Å². The van der Waals surface area contributed by atoms with E-state index in [2.05, 4.69) is 25.4 Å². The Morgan fingerprint density at radius 3 is 1.91 bits per heavy atom. The maximum atomic E-state index is 12.3. The standard InChI is InChI=1S/C26H28N8O3.C2HF3O2/c35-20-9-13-33(14-10-20)24-30-23(31-25(32-24)34-15-21-5-6-22(16-34)37-21)17-1-3-18(4-2-17)28-26(36)29-19-7-11-27-12-8-19;3-2(4,5)1(6)7/h1-4,7-8,11-12,21-22H,5-6,9-10,13-16H2,(H2,27,28,29,36);(H,6,7). The summed E-state index contributed by atoms with van der Waals surface area (Å²) in [5.74, 6) is -0.705. The number of carboxylic acid groups (broad SMARTS) is 1. The number of anilines is 4. The maximum Gasteiger partial charge on any atom is 0.490 e. The predicted octanol–water partition coefficient (Wildman–Crippen LogP) is 3.75. The van der Waals surface area contributed by atoms with Crippen LogP contribution in [0.3, 0.4) is 0 Å². The number of ether oxygens (including phenoxy) is 1. The van der Waals surface area contributed by atoms with E-state index in [1.54, 1.807) is 24.5 Å². The molecule has 16 heteroatoms. The minimum absolute atomic E-state index is 0.207. The zero-order chi connectivity index (χ0) is 31.3. The Morgan fingerprint density at radius 1 is 0.841 bits per heavy atom. The van der Waals surface area contributed by atoms with Crippen molar-refractivity contribution in [3.63, 3.8) is 0 Å². The van der Waals surface area contributed by atoms with Crippen molar-refractivity contribution in [2.45, 2.75) is 44.1 Å². The third-order valence-corrected chi connectivity index (χ3v) is 7.12. The van der Waals surface area contributed by atoms with Gasteiger partial charge in [-0.25, -0.2) is 9.59 Å². The highest BCUT2D eigenvalue weighted by Gasteiger charge is 2.38. The van der Waals surface area contributed by atoms with Crippen molar-refractivity contribution < 1.29 is 37.4 Å². The van der Waals surface area contributed by atoms with Crippen molar-refractivity contribution in [1.82, 2.24) is 19.9 Å². The Kier molecular flexibility index (Phi) is 9.18. The topological polar surface area (TPSA) is 163 Å². The number of Topliss-reactive ketones (excluding diaryl/α,β-unsaturated/α-hetero) is 1. The second kappa shape index (κ2) is 13.2. The Labute approximate surface area is 249 Å². The van der Waals surface area contributed by atoms with Crippen LogP contribution in [-0.2, 0) is 14.3 Å². The number of ketones is 1. The monoisotopic (exact) mass is 614 g/mol. The van der Waals surface area contributed by atoms with Crippen LogP contribution in [0.25, 0.3) is 11.4 Å². The van der Waals surface area contributed by atoms with E-state index in [0.29, 0.717) is 55.0 Å². The SMILES string of the molecule is O=C(O)C(F)(F)F.O=C1CCN(c2nc(-c3ccc(NC(=O)Nc4ccncc4)cc3)nc(N3CC4CCC(C3)O4)n2)CC1. The van der Waals surface area contributed by atoms with E-state index in [-0.39, 0.29) is 24.0 Å². The average molecular weight is 615 g/mol. The number of alkyl halides is 3. The highest BCUT2D eigenvalue weighted by molar-refractivity contribution is 5.99. The zero-order valence-corrected chi connectivity index (χ0v) is 23.3. The first-order valence-electron chi connectivity index (χ1n) is 13.8. The van der Waals surface area contributed by atoms with E-state index in [0.717, 1.165) is 31.5 Å². The summed E-state index contributed by atoms with van der Waals surface area (Å²) in [6.45, 7) is 2.72. The summed E-state index contributed by atoms with van der Waals surface area (Å²) in [4.78, 5) is 55.6. The highest BCUT2D eigenvalue weighted by atomic mass is 19.4. The van der Waals surface area contributed by atoms with Crippen LogP contribution in [0.15, 0.2) is 48.8 Å². The zero-order valence-electron chi connectivity index (χ0n) is 23.3. The first-order valence-corrected chi connectivity index (χ1v) is 13.8. The van der Waals surface area contributed by atoms with Gasteiger partial charge in [0.15, 0.2) is 5.82 Å². The molecule has 6 rings (SSSR count). The van der Waals surface area contributed by atoms with Gasteiger partial charge in [-0.05, 0) is 49.2 Å². The van der Waals surface area contributed by atoms with Crippen LogP contribution >= 0.6 is 0 Å². The van der Waals surface area contributed by atoms with Gasteiger partial charge in [-0.3, -0.25) is 9.78 Å². The molecule has 0 radical (unpaired) electrons. The van der Waals surface area contributed by atoms with E-state index in [1.807, 2.05) is 24.3 Å². The summed E-state index contributed by atoms with van der Waals surface area (Å²) < 4.78 is 37.7. The van der Waals surface area contributed by atoms with Crippen LogP contribution in [0.2, 0.25) is 0 Å². The minimum atomic E-state index is -5.08. The average Bonchev–Trinajstić information content (AvgIpc) is 3.34. The molecule has 0 aliphatic carbocycles. The molecule has 2 atom stereocenters. The summed E-state index contributed by atoms with van der Waals surface area (Å²) >= 11 is 0. The third kappa shape index (κ3) is 7.94. The Hall–Kier alpha value is -4.86. The third-order valence-electron chi connectivity index (χ3n) is 7.12. The van der Waals surface area contributed by atoms with Crippen LogP contribution in [0, 0.1) is 0 Å². The van der Waals surface area contributed by atoms with Crippen molar-refractivity contribution in [3.05, 3.63) is 48.8 Å². The normalized spacial score (nSPS) is 19.6. The molecule has 3 aliphatic rings. The second-order valence-corrected chi connectivity index (χ2v) is 10.3. The molecular formula is C28H29F3N8O5. The molecule has 0 spiro atoms. The van der Waals surface area contributed by atoms with Gasteiger partial charge in [0, 0.05) is 68.4 Å². The van der Waals surface area contributed by atoms with Crippen molar-refractivity contribution in [3.8, 4) is 11.4 Å². The largest absolute Gasteiger partial charge is 0.490 e. The van der Waals surface area contributed by atoms with Crippen molar-refractivity contribution in [2.24, 2.45) is 0 Å². The van der Waals surface area contributed by atoms with E-state index in [4.69, 9.17) is 29.6 Å². The first kappa shape index (κ1) is 30.6. The second-order valence-electron chi connectivity index (χ2n) is 10.3. The molecule has 2 bridgehead atoms. The van der Waals surface area contributed by atoms with Gasteiger partial charge in [0.2, 0.25) is 11.9 Å². The summed E-state index contributed by atoms with van der Waals surface area (Å²) in [5.41, 5.74) is 2.11. The first-order chi connectivity index (χ1) is 21.0. The highest BCUT2D eigenvalue weighted by Crippen LogP contribution is 2.30. The number of halogens is 3. The molecule has 13 nitrogen and oxygen atoms in total.